The maximum Gasteiger partial charge on any atom is 0.135 e. The van der Waals surface area contributed by atoms with E-state index >= 15 is 0 Å². The van der Waals surface area contributed by atoms with Gasteiger partial charge < -0.3 is 4.74 Å². The van der Waals surface area contributed by atoms with Gasteiger partial charge in [-0.3, -0.25) is 4.79 Å². The van der Waals surface area contributed by atoms with Gasteiger partial charge in [-0.25, -0.2) is 0 Å². The van der Waals surface area contributed by atoms with Gasteiger partial charge in [0.05, 0.1) is 11.7 Å². The summed E-state index contributed by atoms with van der Waals surface area (Å²) in [7, 11) is 0. The molecule has 0 aromatic heterocycles. The molecule has 0 radical (unpaired) electrons. The van der Waals surface area contributed by atoms with Crippen LogP contribution in [-0.4, -0.2) is 17.5 Å². The molecule has 0 spiro atoms. The molecule has 2 heteroatoms. The highest BCUT2D eigenvalue weighted by Gasteiger charge is 2.55. The fourth-order valence-corrected chi connectivity index (χ4v) is 1.46. The molecule has 0 amide bonds. The van der Waals surface area contributed by atoms with Crippen molar-refractivity contribution in [2.75, 3.05) is 0 Å². The van der Waals surface area contributed by atoms with E-state index in [0.29, 0.717) is 12.2 Å². The molecule has 2 unspecified atom stereocenters. The van der Waals surface area contributed by atoms with Crippen LogP contribution in [0.4, 0.5) is 0 Å². The van der Waals surface area contributed by atoms with Crippen LogP contribution in [-0.2, 0) is 9.53 Å². The predicted octanol–water partition coefficient (Wildman–Crippen LogP) is 0.897. The van der Waals surface area contributed by atoms with Crippen LogP contribution in [0.15, 0.2) is 0 Å². The van der Waals surface area contributed by atoms with E-state index < -0.39 is 0 Å². The number of fused-ring (bicyclic) bond motifs is 1. The van der Waals surface area contributed by atoms with Crippen molar-refractivity contribution < 1.29 is 9.53 Å². The van der Waals surface area contributed by atoms with E-state index in [1.54, 1.807) is 0 Å². The van der Waals surface area contributed by atoms with E-state index in [2.05, 4.69) is 6.92 Å². The van der Waals surface area contributed by atoms with Crippen molar-refractivity contribution in [3.63, 3.8) is 0 Å². The van der Waals surface area contributed by atoms with Crippen LogP contribution in [0.25, 0.3) is 0 Å². The molecule has 2 nitrogen and oxygen atoms in total. The number of epoxide rings is 1. The van der Waals surface area contributed by atoms with E-state index in [0.717, 1.165) is 12.8 Å². The minimum Gasteiger partial charge on any atom is -0.366 e. The molecule has 1 aliphatic heterocycles. The van der Waals surface area contributed by atoms with Crippen molar-refractivity contribution in [2.45, 2.75) is 37.9 Å². The van der Waals surface area contributed by atoms with Crippen LogP contribution in [0.3, 0.4) is 0 Å². The lowest BCUT2D eigenvalue weighted by atomic mass is 9.90. The number of Topliss-reactive ketones (excluding diaryl/α,β-unsaturated/α-hetero) is 1. The van der Waals surface area contributed by atoms with Gasteiger partial charge in [0.15, 0.2) is 0 Å². The molecule has 1 saturated heterocycles. The molecule has 2 atom stereocenters. The van der Waals surface area contributed by atoms with Crippen LogP contribution in [0, 0.1) is 0 Å². The molecule has 1 aliphatic carbocycles. The molecule has 2 rings (SSSR count). The zero-order valence-corrected chi connectivity index (χ0v) is 5.52. The second-order valence-electron chi connectivity index (χ2n) is 3.16. The number of carbonyl (C=O) groups excluding carboxylic acids is 1. The molecule has 0 aromatic carbocycles. The third-order valence-corrected chi connectivity index (χ3v) is 2.35. The summed E-state index contributed by atoms with van der Waals surface area (Å²) in [5.74, 6) is 0.370. The summed E-state index contributed by atoms with van der Waals surface area (Å²) in [5, 5.41) is 0. The largest absolute Gasteiger partial charge is 0.366 e. The molecule has 1 heterocycles. The van der Waals surface area contributed by atoms with Crippen molar-refractivity contribution in [1.82, 2.24) is 0 Å². The Morgan fingerprint density at radius 1 is 1.78 bits per heavy atom. The van der Waals surface area contributed by atoms with Crippen LogP contribution in [0.2, 0.25) is 0 Å². The molecule has 2 fully saturated rings. The molecule has 1 saturated carbocycles. The molecular formula is C7H10O2. The Morgan fingerprint density at radius 3 is 3.11 bits per heavy atom. The molecule has 2 aliphatic rings. The van der Waals surface area contributed by atoms with Gasteiger partial charge in [-0.15, -0.1) is 0 Å². The van der Waals surface area contributed by atoms with Gasteiger partial charge in [-0.05, 0) is 13.3 Å². The van der Waals surface area contributed by atoms with Crippen molar-refractivity contribution >= 4 is 5.78 Å². The van der Waals surface area contributed by atoms with Crippen molar-refractivity contribution in [1.29, 1.82) is 0 Å². The Balaban J connectivity index is 2.08. The Kier molecular flexibility index (Phi) is 0.826. The van der Waals surface area contributed by atoms with E-state index in [9.17, 15) is 4.79 Å². The number of rotatable bonds is 0. The van der Waals surface area contributed by atoms with Gasteiger partial charge in [-0.1, -0.05) is 0 Å². The Labute approximate surface area is 54.2 Å². The maximum atomic E-state index is 10.8. The summed E-state index contributed by atoms with van der Waals surface area (Å²) in [6.07, 6.45) is 2.61. The molecule has 0 aromatic rings. The average molecular weight is 126 g/mol. The van der Waals surface area contributed by atoms with Crippen LogP contribution in [0.5, 0.6) is 0 Å². The van der Waals surface area contributed by atoms with E-state index in [1.165, 1.54) is 0 Å². The minimum atomic E-state index is 0.105. The number of hydrogen-bond donors (Lipinski definition) is 0. The highest BCUT2D eigenvalue weighted by molar-refractivity contribution is 5.80. The number of ketones is 1. The first kappa shape index (κ1) is 5.42. The van der Waals surface area contributed by atoms with Crippen molar-refractivity contribution in [2.24, 2.45) is 0 Å². The fourth-order valence-electron chi connectivity index (χ4n) is 1.46. The second kappa shape index (κ2) is 1.37. The first-order valence-electron chi connectivity index (χ1n) is 3.40. The third-order valence-electron chi connectivity index (χ3n) is 2.35. The molecule has 50 valence electrons. The van der Waals surface area contributed by atoms with Crippen LogP contribution < -0.4 is 0 Å². The number of carbonyl (C=O) groups is 1. The van der Waals surface area contributed by atoms with E-state index in [4.69, 9.17) is 4.74 Å². The lowest BCUT2D eigenvalue weighted by molar-refractivity contribution is -0.120. The summed E-state index contributed by atoms with van der Waals surface area (Å²) in [5.41, 5.74) is 0.105. The molecular weight excluding hydrogens is 116 g/mol. The first-order chi connectivity index (χ1) is 4.21. The van der Waals surface area contributed by atoms with Gasteiger partial charge in [-0.2, -0.15) is 0 Å². The smallest absolute Gasteiger partial charge is 0.135 e. The van der Waals surface area contributed by atoms with Gasteiger partial charge in [0, 0.05) is 12.8 Å². The Bertz CT molecular complexity index is 164. The third kappa shape index (κ3) is 0.697. The van der Waals surface area contributed by atoms with Gasteiger partial charge in [0.25, 0.3) is 0 Å². The first-order valence-corrected chi connectivity index (χ1v) is 3.40. The number of ether oxygens (including phenoxy) is 1. The average Bonchev–Trinajstić information content (AvgIpc) is 2.41. The van der Waals surface area contributed by atoms with E-state index in [-0.39, 0.29) is 11.7 Å². The minimum absolute atomic E-state index is 0.105. The van der Waals surface area contributed by atoms with Crippen LogP contribution in [0.1, 0.15) is 26.2 Å². The van der Waals surface area contributed by atoms with Crippen molar-refractivity contribution in [3.05, 3.63) is 0 Å². The summed E-state index contributed by atoms with van der Waals surface area (Å²) in [4.78, 5) is 10.8. The highest BCUT2D eigenvalue weighted by Crippen LogP contribution is 2.45. The van der Waals surface area contributed by atoms with E-state index in [1.807, 2.05) is 0 Å². The summed E-state index contributed by atoms with van der Waals surface area (Å²) >= 11 is 0. The second-order valence-corrected chi connectivity index (χ2v) is 3.16. The quantitative estimate of drug-likeness (QED) is 0.451. The summed E-state index contributed by atoms with van der Waals surface area (Å²) in [6.45, 7) is 2.09. The SMILES string of the molecule is CC12CCC(=O)CC1O2. The van der Waals surface area contributed by atoms with Crippen LogP contribution >= 0.6 is 0 Å². The van der Waals surface area contributed by atoms with Gasteiger partial charge >= 0.3 is 0 Å². The summed E-state index contributed by atoms with van der Waals surface area (Å²) < 4.78 is 5.31. The highest BCUT2D eigenvalue weighted by atomic mass is 16.6. The molecule has 0 N–H and O–H groups in total. The summed E-state index contributed by atoms with van der Waals surface area (Å²) in [6, 6.07) is 0. The standard InChI is InChI=1S/C7H10O2/c1-7-3-2-5(8)4-6(7)9-7/h6H,2-4H2,1H3. The zero-order chi connectivity index (χ0) is 6.48. The Morgan fingerprint density at radius 2 is 2.56 bits per heavy atom. The molecule has 0 bridgehead atoms. The van der Waals surface area contributed by atoms with Gasteiger partial charge in [0.2, 0.25) is 0 Å². The number of hydrogen-bond acceptors (Lipinski definition) is 2. The lowest BCUT2D eigenvalue weighted by Gasteiger charge is -2.09. The fraction of sp³-hybridized carbons (Fsp3) is 0.857. The predicted molar refractivity (Wildman–Crippen MR) is 32.1 cm³/mol. The Hall–Kier alpha value is -0.370. The molecule has 9 heavy (non-hydrogen) atoms. The zero-order valence-electron chi connectivity index (χ0n) is 5.52. The lowest BCUT2D eigenvalue weighted by Crippen LogP contribution is -2.20. The topological polar surface area (TPSA) is 29.6 Å². The van der Waals surface area contributed by atoms with Gasteiger partial charge in [0.1, 0.15) is 5.78 Å². The van der Waals surface area contributed by atoms with Crippen molar-refractivity contribution in [3.8, 4) is 0 Å². The normalized spacial score (nSPS) is 48.6. The maximum absolute atomic E-state index is 10.8. The monoisotopic (exact) mass is 126 g/mol.